The van der Waals surface area contributed by atoms with Crippen molar-refractivity contribution in [3.05, 3.63) is 64.9 Å². The molecule has 3 rings (SSSR count). The number of rotatable bonds is 2. The first-order valence-corrected chi connectivity index (χ1v) is 8.78. The van der Waals surface area contributed by atoms with Crippen molar-refractivity contribution in [1.29, 1.82) is 0 Å². The molecule has 0 aliphatic carbocycles. The van der Waals surface area contributed by atoms with Crippen LogP contribution in [0, 0.1) is 11.8 Å². The standard InChI is InChI=1S/C20H18ClN5O2/c1-20(2,3)16-10-17(25-28-16)26(19(22)27)15-6-4-5-13(9-15)7-8-14-11-23-18(21)24-12-14/h4-6,9-12H,1-3H3,(H2,22,27). The molecule has 0 saturated heterocycles. The van der Waals surface area contributed by atoms with Crippen molar-refractivity contribution in [3.63, 3.8) is 0 Å². The second kappa shape index (κ2) is 7.71. The molecule has 0 aliphatic heterocycles. The van der Waals surface area contributed by atoms with Gasteiger partial charge in [-0.1, -0.05) is 43.8 Å². The fraction of sp³-hybridized carbons (Fsp3) is 0.200. The number of primary amides is 1. The highest BCUT2D eigenvalue weighted by molar-refractivity contribution is 6.28. The maximum atomic E-state index is 12.1. The van der Waals surface area contributed by atoms with E-state index in [1.54, 1.807) is 24.3 Å². The lowest BCUT2D eigenvalue weighted by Crippen LogP contribution is -2.31. The summed E-state index contributed by atoms with van der Waals surface area (Å²) in [6.45, 7) is 5.97. The number of carbonyl (C=O) groups is 1. The Hall–Kier alpha value is -3.37. The highest BCUT2D eigenvalue weighted by Crippen LogP contribution is 2.30. The van der Waals surface area contributed by atoms with Gasteiger partial charge in [0.2, 0.25) is 5.28 Å². The zero-order valence-electron chi connectivity index (χ0n) is 15.6. The van der Waals surface area contributed by atoms with Crippen molar-refractivity contribution in [2.45, 2.75) is 26.2 Å². The summed E-state index contributed by atoms with van der Waals surface area (Å²) >= 11 is 5.67. The first-order valence-electron chi connectivity index (χ1n) is 8.40. The van der Waals surface area contributed by atoms with Gasteiger partial charge in [0, 0.05) is 29.4 Å². The number of halogens is 1. The summed E-state index contributed by atoms with van der Waals surface area (Å²) in [5, 5.41) is 4.16. The van der Waals surface area contributed by atoms with Crippen LogP contribution < -0.4 is 10.6 Å². The summed E-state index contributed by atoms with van der Waals surface area (Å²) in [5.41, 5.74) is 7.17. The van der Waals surface area contributed by atoms with Gasteiger partial charge in [-0.25, -0.2) is 19.7 Å². The van der Waals surface area contributed by atoms with Gasteiger partial charge in [-0.2, -0.15) is 0 Å². The van der Waals surface area contributed by atoms with Crippen molar-refractivity contribution < 1.29 is 9.32 Å². The first kappa shape index (κ1) is 19.4. The van der Waals surface area contributed by atoms with Gasteiger partial charge < -0.3 is 10.3 Å². The van der Waals surface area contributed by atoms with Crippen LogP contribution in [0.5, 0.6) is 0 Å². The van der Waals surface area contributed by atoms with E-state index in [4.69, 9.17) is 21.9 Å². The van der Waals surface area contributed by atoms with Gasteiger partial charge in [-0.05, 0) is 29.8 Å². The molecule has 2 aromatic heterocycles. The normalized spacial score (nSPS) is 10.9. The summed E-state index contributed by atoms with van der Waals surface area (Å²) in [6.07, 6.45) is 3.07. The number of hydrogen-bond acceptors (Lipinski definition) is 5. The molecule has 0 fully saturated rings. The summed E-state index contributed by atoms with van der Waals surface area (Å²) in [4.78, 5) is 21.1. The Kier molecular flexibility index (Phi) is 5.34. The summed E-state index contributed by atoms with van der Waals surface area (Å²) in [7, 11) is 0. The smallest absolute Gasteiger partial charge is 0.325 e. The van der Waals surface area contributed by atoms with Crippen molar-refractivity contribution in [3.8, 4) is 11.8 Å². The largest absolute Gasteiger partial charge is 0.359 e. The lowest BCUT2D eigenvalue weighted by atomic mass is 9.93. The van der Waals surface area contributed by atoms with Crippen molar-refractivity contribution >= 4 is 29.1 Å². The van der Waals surface area contributed by atoms with E-state index >= 15 is 0 Å². The third-order valence-electron chi connectivity index (χ3n) is 3.76. The number of hydrogen-bond donors (Lipinski definition) is 1. The Labute approximate surface area is 167 Å². The molecule has 0 saturated carbocycles. The van der Waals surface area contributed by atoms with Gasteiger partial charge in [0.05, 0.1) is 11.3 Å². The Balaban J connectivity index is 1.93. The first-order chi connectivity index (χ1) is 13.2. The molecular weight excluding hydrogens is 378 g/mol. The maximum absolute atomic E-state index is 12.1. The predicted octanol–water partition coefficient (Wildman–Crippen LogP) is 4.03. The zero-order chi connectivity index (χ0) is 20.3. The monoisotopic (exact) mass is 395 g/mol. The SMILES string of the molecule is CC(C)(C)c1cc(N(C(N)=O)c2cccc(C#Cc3cnc(Cl)nc3)c2)no1. The Morgan fingerprint density at radius 1 is 1.14 bits per heavy atom. The number of aromatic nitrogens is 3. The molecule has 1 aromatic carbocycles. The number of benzene rings is 1. The molecule has 2 heterocycles. The Morgan fingerprint density at radius 3 is 2.43 bits per heavy atom. The third kappa shape index (κ3) is 4.48. The Morgan fingerprint density at radius 2 is 1.82 bits per heavy atom. The molecule has 0 radical (unpaired) electrons. The molecule has 0 bridgehead atoms. The van der Waals surface area contributed by atoms with E-state index in [0.717, 1.165) is 0 Å². The van der Waals surface area contributed by atoms with Gasteiger partial charge >= 0.3 is 6.03 Å². The van der Waals surface area contributed by atoms with Gasteiger partial charge in [-0.15, -0.1) is 0 Å². The molecule has 2 N–H and O–H groups in total. The molecule has 0 atom stereocenters. The van der Waals surface area contributed by atoms with Gasteiger partial charge in [-0.3, -0.25) is 0 Å². The van der Waals surface area contributed by atoms with E-state index in [-0.39, 0.29) is 10.7 Å². The summed E-state index contributed by atoms with van der Waals surface area (Å²) in [5.74, 6) is 6.90. The molecule has 0 unspecified atom stereocenters. The average molecular weight is 396 g/mol. The van der Waals surface area contributed by atoms with E-state index in [1.165, 1.54) is 17.3 Å². The van der Waals surface area contributed by atoms with Crippen LogP contribution in [0.15, 0.2) is 47.2 Å². The topological polar surface area (TPSA) is 98.1 Å². The second-order valence-electron chi connectivity index (χ2n) is 7.01. The number of nitrogens with two attached hydrogens (primary N) is 1. The molecule has 2 amide bonds. The van der Waals surface area contributed by atoms with Crippen LogP contribution in [0.3, 0.4) is 0 Å². The molecule has 0 spiro atoms. The Bertz CT molecular complexity index is 1060. The number of urea groups is 1. The zero-order valence-corrected chi connectivity index (χ0v) is 16.4. The number of anilines is 2. The molecule has 3 aromatic rings. The fourth-order valence-electron chi connectivity index (χ4n) is 2.34. The van der Waals surface area contributed by atoms with Crippen molar-refractivity contribution in [2.75, 3.05) is 4.90 Å². The summed E-state index contributed by atoms with van der Waals surface area (Å²) in [6, 6.07) is 8.10. The van der Waals surface area contributed by atoms with Gasteiger partial charge in [0.25, 0.3) is 0 Å². The third-order valence-corrected chi connectivity index (χ3v) is 3.96. The average Bonchev–Trinajstić information content (AvgIpc) is 3.11. The van der Waals surface area contributed by atoms with E-state index in [1.807, 2.05) is 26.8 Å². The van der Waals surface area contributed by atoms with Gasteiger partial charge in [0.15, 0.2) is 5.82 Å². The minimum absolute atomic E-state index is 0.159. The van der Waals surface area contributed by atoms with E-state index in [9.17, 15) is 4.79 Å². The minimum Gasteiger partial charge on any atom is -0.359 e. The molecule has 7 nitrogen and oxygen atoms in total. The van der Waals surface area contributed by atoms with Crippen LogP contribution in [0.4, 0.5) is 16.3 Å². The van der Waals surface area contributed by atoms with Crippen LogP contribution in [0.25, 0.3) is 0 Å². The maximum Gasteiger partial charge on any atom is 0.325 e. The second-order valence-corrected chi connectivity index (χ2v) is 7.35. The van der Waals surface area contributed by atoms with E-state index in [0.29, 0.717) is 28.4 Å². The van der Waals surface area contributed by atoms with Crippen LogP contribution in [-0.4, -0.2) is 21.2 Å². The summed E-state index contributed by atoms with van der Waals surface area (Å²) < 4.78 is 5.37. The van der Waals surface area contributed by atoms with Crippen LogP contribution in [-0.2, 0) is 5.41 Å². The number of carbonyl (C=O) groups excluding carboxylic acids is 1. The van der Waals surface area contributed by atoms with Crippen molar-refractivity contribution in [2.24, 2.45) is 5.73 Å². The van der Waals surface area contributed by atoms with Crippen LogP contribution >= 0.6 is 11.6 Å². The molecule has 0 aliphatic rings. The highest BCUT2D eigenvalue weighted by Gasteiger charge is 2.24. The molecule has 28 heavy (non-hydrogen) atoms. The lowest BCUT2D eigenvalue weighted by Gasteiger charge is -2.17. The van der Waals surface area contributed by atoms with Gasteiger partial charge in [0.1, 0.15) is 5.76 Å². The molecule has 8 heteroatoms. The minimum atomic E-state index is -0.676. The molecular formula is C20H18ClN5O2. The van der Waals surface area contributed by atoms with E-state index in [2.05, 4.69) is 27.0 Å². The van der Waals surface area contributed by atoms with Crippen LogP contribution in [0.1, 0.15) is 37.7 Å². The van der Waals surface area contributed by atoms with Crippen LogP contribution in [0.2, 0.25) is 5.28 Å². The quantitative estimate of drug-likeness (QED) is 0.521. The predicted molar refractivity (Wildman–Crippen MR) is 106 cm³/mol. The van der Waals surface area contributed by atoms with E-state index < -0.39 is 6.03 Å². The lowest BCUT2D eigenvalue weighted by molar-refractivity contribution is 0.255. The fourth-order valence-corrected chi connectivity index (χ4v) is 2.44. The number of nitrogens with zero attached hydrogens (tertiary/aromatic N) is 4. The number of amides is 2. The highest BCUT2D eigenvalue weighted by atomic mass is 35.5. The molecule has 142 valence electrons. The van der Waals surface area contributed by atoms with Crippen molar-refractivity contribution in [1.82, 2.24) is 15.1 Å².